The Labute approximate surface area is 172 Å². The molecule has 4 N–H and O–H groups in total. The second-order valence-corrected chi connectivity index (χ2v) is 7.33. The molecular weight excluding hydrogens is 424 g/mol. The number of ketones is 1. The van der Waals surface area contributed by atoms with E-state index in [9.17, 15) is 14.4 Å². The first kappa shape index (κ1) is 21.7. The van der Waals surface area contributed by atoms with Gasteiger partial charge in [-0.3, -0.25) is 19.4 Å². The van der Waals surface area contributed by atoms with E-state index in [1.807, 2.05) is 13.8 Å². The van der Waals surface area contributed by atoms with Crippen molar-refractivity contribution in [2.45, 2.75) is 26.3 Å². The van der Waals surface area contributed by atoms with Crippen molar-refractivity contribution in [1.82, 2.24) is 10.3 Å². The fourth-order valence-corrected chi connectivity index (χ4v) is 2.80. The van der Waals surface area contributed by atoms with E-state index in [4.69, 9.17) is 5.73 Å². The van der Waals surface area contributed by atoms with Crippen molar-refractivity contribution >= 4 is 39.2 Å². The first-order valence-corrected chi connectivity index (χ1v) is 9.71. The van der Waals surface area contributed by atoms with Crippen molar-refractivity contribution < 1.29 is 14.4 Å². The highest BCUT2D eigenvalue weighted by atomic mass is 79.9. The number of nitrogens with one attached hydrogen (secondary N) is 2. The summed E-state index contributed by atoms with van der Waals surface area (Å²) < 4.78 is 0.692. The van der Waals surface area contributed by atoms with Gasteiger partial charge in [-0.1, -0.05) is 42.3 Å². The Morgan fingerprint density at radius 1 is 1.21 bits per heavy atom. The van der Waals surface area contributed by atoms with Gasteiger partial charge in [-0.2, -0.15) is 0 Å². The van der Waals surface area contributed by atoms with E-state index in [0.29, 0.717) is 15.7 Å². The van der Waals surface area contributed by atoms with Gasteiger partial charge >= 0.3 is 0 Å². The highest BCUT2D eigenvalue weighted by molar-refractivity contribution is 9.10. The molecule has 2 atom stereocenters. The Morgan fingerprint density at radius 3 is 2.61 bits per heavy atom. The van der Waals surface area contributed by atoms with Crippen LogP contribution in [0.15, 0.2) is 47.1 Å². The lowest BCUT2D eigenvalue weighted by molar-refractivity contribution is -0.125. The van der Waals surface area contributed by atoms with E-state index in [1.165, 1.54) is 6.20 Å². The summed E-state index contributed by atoms with van der Waals surface area (Å²) in [5.41, 5.74) is 6.75. The van der Waals surface area contributed by atoms with Crippen LogP contribution in [0.25, 0.3) is 0 Å². The summed E-state index contributed by atoms with van der Waals surface area (Å²) in [6.07, 6.45) is 2.29. The lowest BCUT2D eigenvalue weighted by Crippen LogP contribution is -2.46. The number of amides is 2. The molecule has 0 saturated heterocycles. The summed E-state index contributed by atoms with van der Waals surface area (Å²) in [6.45, 7) is 3.58. The van der Waals surface area contributed by atoms with Gasteiger partial charge in [0.1, 0.15) is 5.69 Å². The van der Waals surface area contributed by atoms with Crippen LogP contribution in [0.4, 0.5) is 5.69 Å². The molecular formula is C20H23BrN4O3. The SMILES string of the molecule is CCC(C)[C@H](N)C(=O)NCC(=O)Nc1ccc(Br)cc1C(=O)c1ccccn1. The molecule has 1 unspecified atom stereocenters. The topological polar surface area (TPSA) is 114 Å². The average molecular weight is 447 g/mol. The summed E-state index contributed by atoms with van der Waals surface area (Å²) >= 11 is 3.33. The maximum absolute atomic E-state index is 12.7. The van der Waals surface area contributed by atoms with Crippen molar-refractivity contribution in [1.29, 1.82) is 0 Å². The Kier molecular flexibility index (Phi) is 7.83. The van der Waals surface area contributed by atoms with Crippen LogP contribution >= 0.6 is 15.9 Å². The number of anilines is 1. The minimum atomic E-state index is -0.674. The van der Waals surface area contributed by atoms with Gasteiger partial charge in [0.25, 0.3) is 0 Å². The van der Waals surface area contributed by atoms with Crippen molar-refractivity contribution in [3.63, 3.8) is 0 Å². The molecule has 0 aliphatic heterocycles. The third-order valence-electron chi connectivity index (χ3n) is 4.38. The number of benzene rings is 1. The van der Waals surface area contributed by atoms with Crippen LogP contribution in [0.3, 0.4) is 0 Å². The molecule has 0 fully saturated rings. The van der Waals surface area contributed by atoms with Gasteiger partial charge in [0, 0.05) is 16.2 Å². The van der Waals surface area contributed by atoms with E-state index in [0.717, 1.165) is 6.42 Å². The summed E-state index contributed by atoms with van der Waals surface area (Å²) in [5, 5.41) is 5.19. The molecule has 1 aromatic carbocycles. The molecule has 2 rings (SSSR count). The fraction of sp³-hybridized carbons (Fsp3) is 0.300. The van der Waals surface area contributed by atoms with Gasteiger partial charge in [0.15, 0.2) is 0 Å². The van der Waals surface area contributed by atoms with Gasteiger partial charge < -0.3 is 16.4 Å². The first-order chi connectivity index (χ1) is 13.3. The summed E-state index contributed by atoms with van der Waals surface area (Å²) in [4.78, 5) is 41.1. The Balaban J connectivity index is 2.09. The normalized spacial score (nSPS) is 12.7. The number of aromatic nitrogens is 1. The standard InChI is InChI=1S/C20H23BrN4O3/c1-3-12(2)18(22)20(28)24-11-17(26)25-15-8-7-13(21)10-14(15)19(27)16-6-4-5-9-23-16/h4-10,12,18H,3,11,22H2,1-2H3,(H,24,28)(H,25,26)/t12?,18-/m0/s1. The zero-order chi connectivity index (χ0) is 20.7. The molecule has 0 spiro atoms. The molecule has 0 saturated carbocycles. The predicted octanol–water partition coefficient (Wildman–Crippen LogP) is 2.50. The zero-order valence-electron chi connectivity index (χ0n) is 15.7. The molecule has 148 valence electrons. The number of carbonyl (C=O) groups is 3. The van der Waals surface area contributed by atoms with Crippen LogP contribution in [0.1, 0.15) is 36.3 Å². The fourth-order valence-electron chi connectivity index (χ4n) is 2.44. The van der Waals surface area contributed by atoms with E-state index < -0.39 is 11.9 Å². The molecule has 28 heavy (non-hydrogen) atoms. The molecule has 8 heteroatoms. The van der Waals surface area contributed by atoms with E-state index in [2.05, 4.69) is 31.5 Å². The Hall–Kier alpha value is -2.58. The highest BCUT2D eigenvalue weighted by Gasteiger charge is 2.21. The smallest absolute Gasteiger partial charge is 0.243 e. The highest BCUT2D eigenvalue weighted by Crippen LogP contribution is 2.23. The molecule has 0 aliphatic rings. The number of carbonyl (C=O) groups excluding carboxylic acids is 3. The minimum absolute atomic E-state index is 0.0112. The Bertz CT molecular complexity index is 858. The van der Waals surface area contributed by atoms with Gasteiger partial charge in [0.05, 0.1) is 18.3 Å². The maximum atomic E-state index is 12.7. The van der Waals surface area contributed by atoms with Crippen molar-refractivity contribution in [3.05, 3.63) is 58.3 Å². The van der Waals surface area contributed by atoms with Gasteiger partial charge in [-0.05, 0) is 36.2 Å². The lowest BCUT2D eigenvalue weighted by Gasteiger charge is -2.17. The number of pyridine rings is 1. The van der Waals surface area contributed by atoms with Crippen LogP contribution < -0.4 is 16.4 Å². The van der Waals surface area contributed by atoms with Gasteiger partial charge in [-0.25, -0.2) is 0 Å². The average Bonchev–Trinajstić information content (AvgIpc) is 2.72. The van der Waals surface area contributed by atoms with Crippen LogP contribution in [0.2, 0.25) is 0 Å². The van der Waals surface area contributed by atoms with Crippen LogP contribution in [0, 0.1) is 5.92 Å². The second kappa shape index (κ2) is 10.1. The molecule has 0 radical (unpaired) electrons. The van der Waals surface area contributed by atoms with E-state index in [-0.39, 0.29) is 29.8 Å². The monoisotopic (exact) mass is 446 g/mol. The number of nitrogens with two attached hydrogens (primary N) is 1. The Morgan fingerprint density at radius 2 is 1.96 bits per heavy atom. The van der Waals surface area contributed by atoms with Crippen LogP contribution in [-0.2, 0) is 9.59 Å². The molecule has 7 nitrogen and oxygen atoms in total. The summed E-state index contributed by atoms with van der Waals surface area (Å²) in [7, 11) is 0. The predicted molar refractivity (Wildman–Crippen MR) is 111 cm³/mol. The van der Waals surface area contributed by atoms with Crippen LogP contribution in [-0.4, -0.2) is 35.2 Å². The van der Waals surface area contributed by atoms with Gasteiger partial charge in [-0.15, -0.1) is 0 Å². The molecule has 0 aliphatic carbocycles. The number of nitrogens with zero attached hydrogens (tertiary/aromatic N) is 1. The largest absolute Gasteiger partial charge is 0.346 e. The third-order valence-corrected chi connectivity index (χ3v) is 4.87. The summed E-state index contributed by atoms with van der Waals surface area (Å²) in [6, 6.07) is 9.30. The molecule has 2 amide bonds. The maximum Gasteiger partial charge on any atom is 0.243 e. The number of hydrogen-bond acceptors (Lipinski definition) is 5. The molecule has 1 heterocycles. The van der Waals surface area contributed by atoms with Crippen molar-refractivity contribution in [2.24, 2.45) is 11.7 Å². The summed E-state index contributed by atoms with van der Waals surface area (Å²) in [5.74, 6) is -1.15. The minimum Gasteiger partial charge on any atom is -0.346 e. The molecule has 2 aromatic rings. The van der Waals surface area contributed by atoms with E-state index in [1.54, 1.807) is 36.4 Å². The van der Waals surface area contributed by atoms with Crippen molar-refractivity contribution in [3.8, 4) is 0 Å². The number of hydrogen-bond donors (Lipinski definition) is 3. The number of rotatable bonds is 8. The molecule has 1 aromatic heterocycles. The van der Waals surface area contributed by atoms with E-state index >= 15 is 0 Å². The number of halogens is 1. The second-order valence-electron chi connectivity index (χ2n) is 6.41. The zero-order valence-corrected chi connectivity index (χ0v) is 17.3. The first-order valence-electron chi connectivity index (χ1n) is 8.92. The van der Waals surface area contributed by atoms with Crippen molar-refractivity contribution in [2.75, 3.05) is 11.9 Å². The third kappa shape index (κ3) is 5.71. The lowest BCUT2D eigenvalue weighted by atomic mass is 9.99. The quantitative estimate of drug-likeness (QED) is 0.538. The van der Waals surface area contributed by atoms with Crippen LogP contribution in [0.5, 0.6) is 0 Å². The van der Waals surface area contributed by atoms with Gasteiger partial charge in [0.2, 0.25) is 17.6 Å². The molecule has 0 bridgehead atoms.